The fourth-order valence-corrected chi connectivity index (χ4v) is 3.64. The van der Waals surface area contributed by atoms with E-state index in [-0.39, 0.29) is 0 Å². The number of nitrogens with zero attached hydrogens (tertiary/aromatic N) is 2. The molecule has 0 bridgehead atoms. The molecule has 6 nitrogen and oxygen atoms in total. The van der Waals surface area contributed by atoms with Crippen molar-refractivity contribution in [1.82, 2.24) is 9.78 Å². The van der Waals surface area contributed by atoms with E-state index in [9.17, 15) is 0 Å². The molecule has 4 N–H and O–H groups in total. The van der Waals surface area contributed by atoms with Gasteiger partial charge in [-0.2, -0.15) is 5.10 Å². The molecule has 7 heteroatoms. The molecule has 0 radical (unpaired) electrons. The number of ether oxygens (including phenoxy) is 1. The van der Waals surface area contributed by atoms with Crippen molar-refractivity contribution in [2.24, 2.45) is 0 Å². The summed E-state index contributed by atoms with van der Waals surface area (Å²) >= 11 is 0. The van der Waals surface area contributed by atoms with Crippen molar-refractivity contribution in [2.45, 2.75) is 32.3 Å². The van der Waals surface area contributed by atoms with Gasteiger partial charge in [0.25, 0.3) is 0 Å². The molecule has 0 atom stereocenters. The molecule has 0 amide bonds. The Labute approximate surface area is 167 Å². The van der Waals surface area contributed by atoms with E-state index in [0.717, 1.165) is 29.8 Å². The summed E-state index contributed by atoms with van der Waals surface area (Å²) in [5, 5.41) is 13.4. The molecule has 28 heavy (non-hydrogen) atoms. The van der Waals surface area contributed by atoms with E-state index in [1.807, 2.05) is 29.1 Å². The first-order valence-corrected chi connectivity index (χ1v) is 12.7. The van der Waals surface area contributed by atoms with Gasteiger partial charge >= 0.3 is 0 Å². The lowest BCUT2D eigenvalue weighted by Crippen LogP contribution is -2.10. The average Bonchev–Trinajstić information content (AvgIpc) is 3.14. The van der Waals surface area contributed by atoms with Crippen LogP contribution in [0.4, 0.5) is 11.4 Å². The number of rotatable bonds is 9. The van der Waals surface area contributed by atoms with Gasteiger partial charge in [-0.05, 0) is 47.4 Å². The molecule has 0 aliphatic carbocycles. The third kappa shape index (κ3) is 5.22. The van der Waals surface area contributed by atoms with Gasteiger partial charge in [-0.15, -0.1) is 0 Å². The third-order valence-electron chi connectivity index (χ3n) is 4.66. The van der Waals surface area contributed by atoms with Crippen molar-refractivity contribution in [3.63, 3.8) is 0 Å². The zero-order chi connectivity index (χ0) is 19.9. The molecule has 3 rings (SSSR count). The van der Waals surface area contributed by atoms with Gasteiger partial charge in [-0.3, -0.25) is 10.7 Å². The predicted octanol–water partition coefficient (Wildman–Crippen LogP) is 3.99. The Balaban J connectivity index is 1.65. The lowest BCUT2D eigenvalue weighted by Gasteiger charge is -2.10. The first-order chi connectivity index (χ1) is 13.6. The molecule has 0 spiro atoms. The Bertz CT molecular complexity index is 894. The third-order valence-corrected chi connectivity index (χ3v) is 6.05. The lowest BCUT2D eigenvalue weighted by molar-refractivity contribution is 0.0801. The van der Waals surface area contributed by atoms with Gasteiger partial charge in [0.1, 0.15) is 6.73 Å². The maximum atomic E-state index is 8.99. The predicted molar refractivity (Wildman–Crippen MR) is 116 cm³/mol. The van der Waals surface area contributed by atoms with Crippen LogP contribution in [0, 0.1) is 0 Å². The van der Waals surface area contributed by atoms with E-state index in [2.05, 4.69) is 47.9 Å². The first-order valence-electron chi connectivity index (χ1n) is 9.54. The van der Waals surface area contributed by atoms with Gasteiger partial charge in [0.15, 0.2) is 0 Å². The highest BCUT2D eigenvalue weighted by molar-refractivity contribution is 6.55. The van der Waals surface area contributed by atoms with Crippen LogP contribution in [0.2, 0.25) is 19.1 Å². The van der Waals surface area contributed by atoms with Crippen molar-refractivity contribution in [3.05, 3.63) is 65.9 Å². The zero-order valence-corrected chi connectivity index (χ0v) is 17.6. The van der Waals surface area contributed by atoms with E-state index in [4.69, 9.17) is 15.7 Å². The molecule has 2 aromatic carbocycles. The standard InChI is InChI=1S/C21H28N4O2Si/c1-28(2)12-11-27-15-25-21(9-10-23-25)18-6-3-16(4-7-18)13-17-5-8-20(24-26)19(22)14-17/h3-10,14,24,26,28H,11-13,15,22H2,1-2H3. The second kappa shape index (κ2) is 9.54. The summed E-state index contributed by atoms with van der Waals surface area (Å²) in [5.41, 5.74) is 13.5. The molecule has 1 aromatic heterocycles. The van der Waals surface area contributed by atoms with Crippen LogP contribution < -0.4 is 11.2 Å². The summed E-state index contributed by atoms with van der Waals surface area (Å²) in [6, 6.07) is 17.3. The molecule has 1 heterocycles. The SMILES string of the molecule is C[SiH](C)CCOCn1nccc1-c1ccc(Cc2ccc(NO)c(N)c2)cc1. The Kier molecular flexibility index (Phi) is 6.86. The van der Waals surface area contributed by atoms with E-state index >= 15 is 0 Å². The topological polar surface area (TPSA) is 85.3 Å². The van der Waals surface area contributed by atoms with Gasteiger partial charge in [-0.1, -0.05) is 43.4 Å². The van der Waals surface area contributed by atoms with E-state index in [0.29, 0.717) is 18.1 Å². The average molecular weight is 397 g/mol. The first kappa shape index (κ1) is 20.1. The van der Waals surface area contributed by atoms with Gasteiger partial charge in [-0.25, -0.2) is 4.68 Å². The summed E-state index contributed by atoms with van der Waals surface area (Å²) in [7, 11) is -0.575. The minimum atomic E-state index is -0.575. The van der Waals surface area contributed by atoms with Crippen molar-refractivity contribution >= 4 is 20.2 Å². The normalized spacial score (nSPS) is 11.1. The molecule has 0 unspecified atom stereocenters. The van der Waals surface area contributed by atoms with Crippen LogP contribution in [0.25, 0.3) is 11.3 Å². The summed E-state index contributed by atoms with van der Waals surface area (Å²) in [6.07, 6.45) is 2.58. The molecule has 0 saturated carbocycles. The van der Waals surface area contributed by atoms with Crippen molar-refractivity contribution in [1.29, 1.82) is 0 Å². The number of hydrogen-bond donors (Lipinski definition) is 3. The smallest absolute Gasteiger partial charge is 0.139 e. The molecule has 148 valence electrons. The summed E-state index contributed by atoms with van der Waals surface area (Å²) in [4.78, 5) is 0. The fourth-order valence-electron chi connectivity index (χ4n) is 3.00. The Morgan fingerprint density at radius 1 is 1.11 bits per heavy atom. The number of benzene rings is 2. The summed E-state index contributed by atoms with van der Waals surface area (Å²) in [6.45, 7) is 5.94. The number of nitrogens with one attached hydrogen (secondary N) is 1. The Morgan fingerprint density at radius 3 is 2.54 bits per heavy atom. The molecular weight excluding hydrogens is 368 g/mol. The monoisotopic (exact) mass is 396 g/mol. The fraction of sp³-hybridized carbons (Fsp3) is 0.286. The maximum Gasteiger partial charge on any atom is 0.139 e. The minimum absolute atomic E-state index is 0.482. The molecule has 3 aromatic rings. The van der Waals surface area contributed by atoms with Crippen LogP contribution >= 0.6 is 0 Å². The number of nitrogen functional groups attached to an aromatic ring is 1. The second-order valence-corrected chi connectivity index (χ2v) is 10.7. The van der Waals surface area contributed by atoms with Crippen molar-refractivity contribution in [2.75, 3.05) is 17.8 Å². The van der Waals surface area contributed by atoms with Gasteiger partial charge in [0.05, 0.1) is 17.1 Å². The van der Waals surface area contributed by atoms with Crippen LogP contribution in [0.3, 0.4) is 0 Å². The summed E-state index contributed by atoms with van der Waals surface area (Å²) < 4.78 is 7.69. The van der Waals surface area contributed by atoms with Gasteiger partial charge in [0.2, 0.25) is 0 Å². The van der Waals surface area contributed by atoms with E-state index < -0.39 is 8.80 Å². The van der Waals surface area contributed by atoms with E-state index in [1.54, 1.807) is 6.07 Å². The number of aromatic nitrogens is 2. The van der Waals surface area contributed by atoms with Crippen LogP contribution in [0.15, 0.2) is 54.7 Å². The van der Waals surface area contributed by atoms with Crippen LogP contribution in [-0.4, -0.2) is 30.4 Å². The highest BCUT2D eigenvalue weighted by atomic mass is 28.3. The highest BCUT2D eigenvalue weighted by Gasteiger charge is 2.07. The Hall–Kier alpha value is -2.61. The Morgan fingerprint density at radius 2 is 1.86 bits per heavy atom. The lowest BCUT2D eigenvalue weighted by atomic mass is 10.0. The highest BCUT2D eigenvalue weighted by Crippen LogP contribution is 2.23. The summed E-state index contributed by atoms with van der Waals surface area (Å²) in [5.74, 6) is 0. The quantitative estimate of drug-likeness (QED) is 0.220. The zero-order valence-electron chi connectivity index (χ0n) is 16.4. The van der Waals surface area contributed by atoms with Crippen molar-refractivity contribution in [3.8, 4) is 11.3 Å². The minimum Gasteiger partial charge on any atom is -0.397 e. The molecular formula is C21H28N4O2Si. The van der Waals surface area contributed by atoms with E-state index in [1.165, 1.54) is 11.6 Å². The maximum absolute atomic E-state index is 8.99. The molecule has 0 aliphatic rings. The molecule has 0 aliphatic heterocycles. The van der Waals surface area contributed by atoms with Crippen molar-refractivity contribution < 1.29 is 9.94 Å². The molecule has 0 saturated heterocycles. The number of hydrogen-bond acceptors (Lipinski definition) is 5. The number of anilines is 2. The van der Waals surface area contributed by atoms with Gasteiger partial charge < -0.3 is 10.5 Å². The largest absolute Gasteiger partial charge is 0.397 e. The van der Waals surface area contributed by atoms with Crippen LogP contribution in [0.1, 0.15) is 11.1 Å². The van der Waals surface area contributed by atoms with Gasteiger partial charge in [0, 0.05) is 21.6 Å². The second-order valence-electron chi connectivity index (χ2n) is 7.34. The van der Waals surface area contributed by atoms with Crippen LogP contribution in [0.5, 0.6) is 0 Å². The molecule has 0 fully saturated rings. The van der Waals surface area contributed by atoms with Crippen LogP contribution in [-0.2, 0) is 17.9 Å². The number of nitrogens with two attached hydrogens (primary N) is 1.